The average Bonchev–Trinajstić information content (AvgIpc) is 3.73. The standard InChI is InChI=1S/C52H78N6O10/c1-32(2)39(30-33(3)44(62)53-37(47(65)67-50(7,8)9)26-25-34(59)22-20-21-29-58-40(60)27-28-41(58)61)56(16)46(64)42(49(4,5)6)54-45(63)43(57(17)48(66)68-51(10,11)12)52(13,14)36-31-55(15)38-24-19-18-23-35(36)38/h18-19,23-24,27-28,30-32,37,39,42-43H,20-22,25-26,29H2,1-17H3,(H,53,62)(H,54,63)/b33-30+/t37-,39-,42-,43-/m1/s1. The molecule has 376 valence electrons. The maximum Gasteiger partial charge on any atom is 0.410 e. The van der Waals surface area contributed by atoms with E-state index in [1.165, 1.54) is 29.0 Å². The highest BCUT2D eigenvalue weighted by molar-refractivity contribution is 6.12. The number of ketones is 1. The Morgan fingerprint density at radius 3 is 1.90 bits per heavy atom. The molecular weight excluding hydrogens is 869 g/mol. The van der Waals surface area contributed by atoms with E-state index in [1.54, 1.807) is 61.6 Å². The quantitative estimate of drug-likeness (QED) is 0.0609. The van der Waals surface area contributed by atoms with Gasteiger partial charge in [0.2, 0.25) is 17.7 Å². The number of aromatic nitrogens is 1. The topological polar surface area (TPSA) is 194 Å². The van der Waals surface area contributed by atoms with Gasteiger partial charge < -0.3 is 29.6 Å². The molecular formula is C52H78N6O10. The molecule has 0 bridgehead atoms. The van der Waals surface area contributed by atoms with Crippen LogP contribution < -0.4 is 10.6 Å². The van der Waals surface area contributed by atoms with E-state index >= 15 is 0 Å². The monoisotopic (exact) mass is 947 g/mol. The van der Waals surface area contributed by atoms with E-state index in [4.69, 9.17) is 9.47 Å². The number of ether oxygens (including phenoxy) is 2. The molecule has 0 fully saturated rings. The zero-order valence-electron chi connectivity index (χ0n) is 43.6. The zero-order valence-corrected chi connectivity index (χ0v) is 43.6. The summed E-state index contributed by atoms with van der Waals surface area (Å²) in [7, 11) is 5.05. The molecule has 2 N–H and O–H groups in total. The molecule has 0 saturated heterocycles. The third kappa shape index (κ3) is 15.1. The summed E-state index contributed by atoms with van der Waals surface area (Å²) in [4.78, 5) is 111. The largest absolute Gasteiger partial charge is 0.458 e. The molecule has 1 aliphatic rings. The molecule has 0 aliphatic carbocycles. The van der Waals surface area contributed by atoms with E-state index in [-0.39, 0.29) is 54.9 Å². The number of fused-ring (bicyclic) bond motifs is 1. The molecule has 6 amide bonds. The van der Waals surface area contributed by atoms with Gasteiger partial charge in [-0.1, -0.05) is 72.7 Å². The van der Waals surface area contributed by atoms with Crippen LogP contribution in [0.5, 0.6) is 0 Å². The molecule has 1 aromatic heterocycles. The highest BCUT2D eigenvalue weighted by Gasteiger charge is 2.47. The summed E-state index contributed by atoms with van der Waals surface area (Å²) < 4.78 is 13.4. The van der Waals surface area contributed by atoms with Gasteiger partial charge in [-0.15, -0.1) is 0 Å². The number of nitrogens with one attached hydrogen (secondary N) is 2. The first-order valence-corrected chi connectivity index (χ1v) is 23.5. The molecule has 0 spiro atoms. The predicted molar refractivity (Wildman–Crippen MR) is 262 cm³/mol. The van der Waals surface area contributed by atoms with Crippen molar-refractivity contribution >= 4 is 58.3 Å². The Morgan fingerprint density at radius 2 is 1.35 bits per heavy atom. The second-order valence-electron chi connectivity index (χ2n) is 22.0. The van der Waals surface area contributed by atoms with Crippen molar-refractivity contribution in [1.29, 1.82) is 0 Å². The lowest BCUT2D eigenvalue weighted by Gasteiger charge is -2.42. The summed E-state index contributed by atoms with van der Waals surface area (Å²) in [6.07, 6.45) is 6.28. The van der Waals surface area contributed by atoms with E-state index in [0.29, 0.717) is 12.8 Å². The van der Waals surface area contributed by atoms with Crippen molar-refractivity contribution in [1.82, 2.24) is 29.9 Å². The van der Waals surface area contributed by atoms with Crippen LogP contribution in [-0.2, 0) is 55.5 Å². The van der Waals surface area contributed by atoms with Crippen LogP contribution in [0.3, 0.4) is 0 Å². The number of carbonyl (C=O) groups excluding carboxylic acids is 8. The first-order chi connectivity index (χ1) is 31.2. The number of amides is 6. The Balaban J connectivity index is 1.89. The van der Waals surface area contributed by atoms with Gasteiger partial charge in [0.25, 0.3) is 11.8 Å². The smallest absolute Gasteiger partial charge is 0.410 e. The van der Waals surface area contributed by atoms with Crippen LogP contribution in [0.4, 0.5) is 4.79 Å². The van der Waals surface area contributed by atoms with E-state index < -0.39 is 76.0 Å². The molecule has 2 aromatic rings. The highest BCUT2D eigenvalue weighted by Crippen LogP contribution is 2.37. The SMILES string of the molecule is C/C(=C\[C@H](C(C)C)N(C)C(=O)[C@@H](NC(=O)[C@@H](N(C)C(=O)OC(C)(C)C)C(C)(C)c1cn(C)c2ccccc12)C(C)(C)C)C(=O)N[C@H](CCC(=O)CCCCN1C(=O)C=CC1=O)C(=O)OC(C)(C)C. The second kappa shape index (κ2) is 22.5. The first-order valence-electron chi connectivity index (χ1n) is 23.5. The fourth-order valence-electron chi connectivity index (χ4n) is 8.30. The van der Waals surface area contributed by atoms with Gasteiger partial charge in [-0.25, -0.2) is 9.59 Å². The van der Waals surface area contributed by atoms with Crippen molar-refractivity contribution in [3.63, 3.8) is 0 Å². The van der Waals surface area contributed by atoms with E-state index in [2.05, 4.69) is 10.6 Å². The van der Waals surface area contributed by atoms with Crippen molar-refractivity contribution in [2.45, 2.75) is 170 Å². The summed E-state index contributed by atoms with van der Waals surface area (Å²) in [6, 6.07) is 3.73. The Labute approximate surface area is 403 Å². The Hall–Kier alpha value is -5.80. The highest BCUT2D eigenvalue weighted by atomic mass is 16.6. The molecule has 1 aliphatic heterocycles. The second-order valence-corrected chi connectivity index (χ2v) is 22.0. The lowest BCUT2D eigenvalue weighted by atomic mass is 9.76. The van der Waals surface area contributed by atoms with Crippen LogP contribution in [-0.4, -0.2) is 123 Å². The Kier molecular flexibility index (Phi) is 18.7. The Bertz CT molecular complexity index is 2250. The van der Waals surface area contributed by atoms with Gasteiger partial charge in [-0.05, 0) is 90.7 Å². The predicted octanol–water partition coefficient (Wildman–Crippen LogP) is 6.92. The number of imide groups is 1. The maximum atomic E-state index is 15.0. The van der Waals surface area contributed by atoms with E-state index in [9.17, 15) is 38.4 Å². The lowest BCUT2D eigenvalue weighted by molar-refractivity contribution is -0.158. The minimum atomic E-state index is -1.16. The molecule has 16 heteroatoms. The number of unbranched alkanes of at least 4 members (excludes halogenated alkanes) is 1. The summed E-state index contributed by atoms with van der Waals surface area (Å²) in [5, 5.41) is 6.72. The maximum absolute atomic E-state index is 15.0. The van der Waals surface area contributed by atoms with Gasteiger partial charge in [-0.2, -0.15) is 0 Å². The van der Waals surface area contributed by atoms with Crippen molar-refractivity contribution < 1.29 is 47.8 Å². The number of carbonyl (C=O) groups is 8. The summed E-state index contributed by atoms with van der Waals surface area (Å²) >= 11 is 0. The number of nitrogens with zero attached hydrogens (tertiary/aromatic N) is 4. The normalized spacial score (nSPS) is 15.5. The molecule has 68 heavy (non-hydrogen) atoms. The number of aryl methyl sites for hydroxylation is 1. The molecule has 1 aromatic carbocycles. The number of hydrogen-bond donors (Lipinski definition) is 2. The number of esters is 1. The van der Waals surface area contributed by atoms with Crippen LogP contribution in [0.25, 0.3) is 10.9 Å². The molecule has 0 radical (unpaired) electrons. The van der Waals surface area contributed by atoms with Gasteiger partial charge in [-0.3, -0.25) is 38.6 Å². The molecule has 0 saturated carbocycles. The van der Waals surface area contributed by atoms with Gasteiger partial charge in [0, 0.05) is 80.8 Å². The molecule has 2 heterocycles. The van der Waals surface area contributed by atoms with E-state index in [1.807, 2.05) is 90.5 Å². The third-order valence-corrected chi connectivity index (χ3v) is 11.9. The zero-order chi connectivity index (χ0) is 51.9. The number of hydrogen-bond acceptors (Lipinski definition) is 10. The minimum Gasteiger partial charge on any atom is -0.458 e. The van der Waals surface area contributed by atoms with Crippen LogP contribution in [0.2, 0.25) is 0 Å². The van der Waals surface area contributed by atoms with Crippen molar-refractivity contribution in [3.05, 3.63) is 59.8 Å². The van der Waals surface area contributed by atoms with Gasteiger partial charge in [0.15, 0.2) is 0 Å². The van der Waals surface area contributed by atoms with Gasteiger partial charge >= 0.3 is 12.1 Å². The van der Waals surface area contributed by atoms with Gasteiger partial charge in [0.05, 0.1) is 6.04 Å². The third-order valence-electron chi connectivity index (χ3n) is 11.9. The van der Waals surface area contributed by atoms with Crippen LogP contribution in [0.1, 0.15) is 135 Å². The molecule has 0 unspecified atom stereocenters. The van der Waals surface area contributed by atoms with Crippen molar-refractivity contribution in [2.24, 2.45) is 18.4 Å². The van der Waals surface area contributed by atoms with Crippen molar-refractivity contribution in [2.75, 3.05) is 20.6 Å². The minimum absolute atomic E-state index is 0.0276. The average molecular weight is 947 g/mol. The molecule has 4 atom stereocenters. The number of benzene rings is 1. The number of likely N-dealkylation sites (N-methyl/N-ethyl adjacent to an activating group) is 2. The van der Waals surface area contributed by atoms with Gasteiger partial charge in [0.1, 0.15) is 35.1 Å². The van der Waals surface area contributed by atoms with E-state index in [0.717, 1.165) is 21.4 Å². The fourth-order valence-corrected chi connectivity index (χ4v) is 8.30. The van der Waals surface area contributed by atoms with Crippen LogP contribution in [0.15, 0.2) is 54.3 Å². The summed E-state index contributed by atoms with van der Waals surface area (Å²) in [5.41, 5.74) is -1.61. The summed E-state index contributed by atoms with van der Waals surface area (Å²) in [6.45, 7) is 25.2. The molecule has 3 rings (SSSR count). The Morgan fingerprint density at radius 1 is 0.779 bits per heavy atom. The van der Waals surface area contributed by atoms with Crippen LogP contribution in [0, 0.1) is 11.3 Å². The number of rotatable bonds is 20. The van der Waals surface area contributed by atoms with Crippen molar-refractivity contribution in [3.8, 4) is 0 Å². The first kappa shape index (κ1) is 56.5. The number of Topliss-reactive ketones (excluding diaryl/α,β-unsaturated/α-hetero) is 1. The fraction of sp³-hybridized carbons (Fsp3) is 0.615. The summed E-state index contributed by atoms with van der Waals surface area (Å²) in [5.74, 6) is -3.45. The lowest BCUT2D eigenvalue weighted by Crippen LogP contribution is -2.63. The molecule has 16 nitrogen and oxygen atoms in total. The van der Waals surface area contributed by atoms with Crippen LogP contribution >= 0.6 is 0 Å². The number of para-hydroxylation sites is 1.